The molecule has 0 fully saturated rings. The number of hydrogen-bond acceptors (Lipinski definition) is 1. The van der Waals surface area contributed by atoms with Crippen LogP contribution in [0.5, 0.6) is 0 Å². The van der Waals surface area contributed by atoms with Gasteiger partial charge in [0.05, 0.1) is 0 Å². The number of thiol groups is 1. The van der Waals surface area contributed by atoms with Crippen molar-refractivity contribution in [1.29, 1.82) is 0 Å². The van der Waals surface area contributed by atoms with Gasteiger partial charge in [-0.05, 0) is 36.3 Å². The van der Waals surface area contributed by atoms with E-state index in [1.54, 1.807) is 0 Å². The monoisotopic (exact) mass is 258 g/mol. The van der Waals surface area contributed by atoms with Crippen molar-refractivity contribution in [1.82, 2.24) is 0 Å². The van der Waals surface area contributed by atoms with Crippen molar-refractivity contribution < 1.29 is 0 Å². The molecule has 0 amide bonds. The molecule has 0 N–H and O–H groups in total. The SMILES string of the molecule is CC(C)CCCC(C)CCCC(C)CCCS. The van der Waals surface area contributed by atoms with E-state index in [-0.39, 0.29) is 0 Å². The Labute approximate surface area is 115 Å². The van der Waals surface area contributed by atoms with E-state index in [0.717, 1.165) is 23.5 Å². The molecule has 0 bridgehead atoms. The van der Waals surface area contributed by atoms with E-state index in [2.05, 4.69) is 40.3 Å². The van der Waals surface area contributed by atoms with Gasteiger partial charge in [0.1, 0.15) is 0 Å². The molecule has 0 nitrogen and oxygen atoms in total. The van der Waals surface area contributed by atoms with E-state index in [1.165, 1.54) is 51.4 Å². The van der Waals surface area contributed by atoms with Crippen LogP contribution in [0.15, 0.2) is 0 Å². The van der Waals surface area contributed by atoms with Crippen molar-refractivity contribution in [2.45, 2.75) is 79.1 Å². The second kappa shape index (κ2) is 11.4. The standard InChI is InChI=1S/C16H34S/c1-14(2)8-5-9-15(3)10-6-11-16(4)12-7-13-17/h14-17H,5-13H2,1-4H3. The summed E-state index contributed by atoms with van der Waals surface area (Å²) in [7, 11) is 0. The van der Waals surface area contributed by atoms with Crippen LogP contribution in [-0.4, -0.2) is 5.75 Å². The highest BCUT2D eigenvalue weighted by Crippen LogP contribution is 2.20. The molecule has 1 heteroatoms. The summed E-state index contributed by atoms with van der Waals surface area (Å²) in [4.78, 5) is 0. The van der Waals surface area contributed by atoms with Crippen LogP contribution in [0.4, 0.5) is 0 Å². The lowest BCUT2D eigenvalue weighted by atomic mass is 9.92. The van der Waals surface area contributed by atoms with E-state index in [4.69, 9.17) is 0 Å². The minimum Gasteiger partial charge on any atom is -0.179 e. The van der Waals surface area contributed by atoms with Gasteiger partial charge in [-0.3, -0.25) is 0 Å². The second-order valence-electron chi connectivity index (χ2n) is 6.33. The van der Waals surface area contributed by atoms with Crippen molar-refractivity contribution in [3.63, 3.8) is 0 Å². The largest absolute Gasteiger partial charge is 0.179 e. The lowest BCUT2D eigenvalue weighted by molar-refractivity contribution is 0.392. The van der Waals surface area contributed by atoms with Crippen molar-refractivity contribution in [3.05, 3.63) is 0 Å². The maximum atomic E-state index is 4.27. The van der Waals surface area contributed by atoms with Gasteiger partial charge in [-0.15, -0.1) is 0 Å². The summed E-state index contributed by atoms with van der Waals surface area (Å²) in [6, 6.07) is 0. The summed E-state index contributed by atoms with van der Waals surface area (Å²) in [5.41, 5.74) is 0. The third-order valence-corrected chi connectivity index (χ3v) is 4.04. The molecular formula is C16H34S. The molecule has 0 saturated heterocycles. The third kappa shape index (κ3) is 12.6. The molecule has 2 atom stereocenters. The minimum absolute atomic E-state index is 0.878. The maximum Gasteiger partial charge on any atom is -0.00978 e. The van der Waals surface area contributed by atoms with Crippen molar-refractivity contribution in [2.24, 2.45) is 17.8 Å². The van der Waals surface area contributed by atoms with Crippen LogP contribution in [-0.2, 0) is 0 Å². The minimum atomic E-state index is 0.878. The van der Waals surface area contributed by atoms with E-state index in [0.29, 0.717) is 0 Å². The highest BCUT2D eigenvalue weighted by atomic mass is 32.1. The van der Waals surface area contributed by atoms with Crippen molar-refractivity contribution >= 4 is 12.6 Å². The van der Waals surface area contributed by atoms with Gasteiger partial charge in [0, 0.05) is 0 Å². The average molecular weight is 259 g/mol. The fourth-order valence-electron chi connectivity index (χ4n) is 2.42. The van der Waals surface area contributed by atoms with E-state index in [9.17, 15) is 0 Å². The first-order chi connectivity index (χ1) is 8.06. The number of hydrogen-bond donors (Lipinski definition) is 1. The van der Waals surface area contributed by atoms with Crippen LogP contribution >= 0.6 is 12.6 Å². The second-order valence-corrected chi connectivity index (χ2v) is 6.78. The maximum absolute atomic E-state index is 4.27. The predicted octanol–water partition coefficient (Wildman–Crippen LogP) is 5.97. The summed E-state index contributed by atoms with van der Waals surface area (Å²) < 4.78 is 0. The van der Waals surface area contributed by atoms with Gasteiger partial charge in [-0.25, -0.2) is 0 Å². The van der Waals surface area contributed by atoms with Gasteiger partial charge < -0.3 is 0 Å². The summed E-state index contributed by atoms with van der Waals surface area (Å²) >= 11 is 4.27. The highest BCUT2D eigenvalue weighted by molar-refractivity contribution is 7.80. The zero-order chi connectivity index (χ0) is 13.1. The fraction of sp³-hybridized carbons (Fsp3) is 1.00. The Kier molecular flexibility index (Phi) is 11.7. The zero-order valence-electron chi connectivity index (χ0n) is 12.5. The van der Waals surface area contributed by atoms with E-state index in [1.807, 2.05) is 0 Å². The molecule has 0 aliphatic heterocycles. The average Bonchev–Trinajstić information content (AvgIpc) is 2.25. The third-order valence-electron chi connectivity index (χ3n) is 3.73. The lowest BCUT2D eigenvalue weighted by Gasteiger charge is -2.14. The Balaban J connectivity index is 3.34. The topological polar surface area (TPSA) is 0 Å². The van der Waals surface area contributed by atoms with Crippen LogP contribution in [0.25, 0.3) is 0 Å². The van der Waals surface area contributed by atoms with Gasteiger partial charge in [0.2, 0.25) is 0 Å². The zero-order valence-corrected chi connectivity index (χ0v) is 13.4. The number of rotatable bonds is 11. The summed E-state index contributed by atoms with van der Waals surface area (Å²) in [6.07, 6.45) is 11.2. The molecule has 0 heterocycles. The van der Waals surface area contributed by atoms with Gasteiger partial charge >= 0.3 is 0 Å². The van der Waals surface area contributed by atoms with Crippen LogP contribution in [0.3, 0.4) is 0 Å². The fourth-order valence-corrected chi connectivity index (χ4v) is 2.60. The molecule has 0 aromatic carbocycles. The first kappa shape index (κ1) is 17.4. The van der Waals surface area contributed by atoms with Crippen molar-refractivity contribution in [3.8, 4) is 0 Å². The molecule has 0 spiro atoms. The summed E-state index contributed by atoms with van der Waals surface area (Å²) in [5, 5.41) is 0. The highest BCUT2D eigenvalue weighted by Gasteiger charge is 2.06. The Morgan fingerprint density at radius 3 is 1.47 bits per heavy atom. The molecule has 0 saturated carbocycles. The Morgan fingerprint density at radius 1 is 0.647 bits per heavy atom. The molecular weight excluding hydrogens is 224 g/mol. The molecule has 104 valence electrons. The molecule has 0 rings (SSSR count). The van der Waals surface area contributed by atoms with Gasteiger partial charge in [0.15, 0.2) is 0 Å². The van der Waals surface area contributed by atoms with E-state index < -0.39 is 0 Å². The van der Waals surface area contributed by atoms with E-state index >= 15 is 0 Å². The summed E-state index contributed by atoms with van der Waals surface area (Å²) in [6.45, 7) is 9.48. The van der Waals surface area contributed by atoms with Crippen molar-refractivity contribution in [2.75, 3.05) is 5.75 Å². The molecule has 0 aromatic rings. The first-order valence-electron chi connectivity index (χ1n) is 7.67. The van der Waals surface area contributed by atoms with Crippen LogP contribution in [0.2, 0.25) is 0 Å². The molecule has 17 heavy (non-hydrogen) atoms. The van der Waals surface area contributed by atoms with Gasteiger partial charge in [0.25, 0.3) is 0 Å². The molecule has 0 aliphatic rings. The van der Waals surface area contributed by atoms with Crippen LogP contribution in [0, 0.1) is 17.8 Å². The molecule has 0 aromatic heterocycles. The quantitative estimate of drug-likeness (QED) is 0.434. The summed E-state index contributed by atoms with van der Waals surface area (Å²) in [5.74, 6) is 3.77. The Bertz CT molecular complexity index is 154. The lowest BCUT2D eigenvalue weighted by Crippen LogP contribution is -2.00. The van der Waals surface area contributed by atoms with Gasteiger partial charge in [-0.1, -0.05) is 66.2 Å². The Hall–Kier alpha value is 0.350. The smallest absolute Gasteiger partial charge is 0.00978 e. The molecule has 0 aliphatic carbocycles. The first-order valence-corrected chi connectivity index (χ1v) is 8.30. The normalized spacial score (nSPS) is 15.2. The Morgan fingerprint density at radius 2 is 1.06 bits per heavy atom. The molecule has 0 radical (unpaired) electrons. The van der Waals surface area contributed by atoms with Crippen LogP contribution < -0.4 is 0 Å². The van der Waals surface area contributed by atoms with Crippen LogP contribution in [0.1, 0.15) is 79.1 Å². The molecule has 2 unspecified atom stereocenters. The van der Waals surface area contributed by atoms with Gasteiger partial charge in [-0.2, -0.15) is 12.6 Å². The predicted molar refractivity (Wildman–Crippen MR) is 84.0 cm³/mol.